The third-order valence-corrected chi connectivity index (χ3v) is 5.01. The lowest BCUT2D eigenvalue weighted by molar-refractivity contribution is 0.0651. The van der Waals surface area contributed by atoms with Crippen molar-refractivity contribution in [1.29, 1.82) is 0 Å². The molecule has 0 aromatic heterocycles. The van der Waals surface area contributed by atoms with Gasteiger partial charge in [-0.3, -0.25) is 19.4 Å². The van der Waals surface area contributed by atoms with Gasteiger partial charge in [-0.15, -0.1) is 0 Å². The lowest BCUT2D eigenvalue weighted by atomic mass is 10.1. The molecule has 5 heteroatoms. The number of nitrogens with zero attached hydrogens (tertiary/aromatic N) is 2. The van der Waals surface area contributed by atoms with E-state index in [1.807, 2.05) is 6.07 Å². The Morgan fingerprint density at radius 2 is 1.67 bits per heavy atom. The normalized spacial score (nSPS) is 13.5. The number of carbonyl (C=O) groups is 2. The minimum absolute atomic E-state index is 0.00910. The molecule has 0 radical (unpaired) electrons. The van der Waals surface area contributed by atoms with Gasteiger partial charge < -0.3 is 5.11 Å². The monoisotopic (exact) mass is 366 g/mol. The van der Waals surface area contributed by atoms with Crippen LogP contribution in [0.1, 0.15) is 52.5 Å². The van der Waals surface area contributed by atoms with Gasteiger partial charge in [0.05, 0.1) is 11.1 Å². The maximum atomic E-state index is 12.4. The number of hydrogen-bond donors (Lipinski definition) is 1. The molecule has 0 spiro atoms. The molecule has 2 aromatic rings. The van der Waals surface area contributed by atoms with Gasteiger partial charge in [0.2, 0.25) is 0 Å². The molecule has 0 atom stereocenters. The Labute approximate surface area is 160 Å². The van der Waals surface area contributed by atoms with Crippen molar-refractivity contribution < 1.29 is 14.7 Å². The summed E-state index contributed by atoms with van der Waals surface area (Å²) in [5.74, 6) is -0.547. The largest absolute Gasteiger partial charge is 0.508 e. The fourth-order valence-corrected chi connectivity index (χ4v) is 3.45. The summed E-state index contributed by atoms with van der Waals surface area (Å²) in [4.78, 5) is 28.4. The second-order valence-electron chi connectivity index (χ2n) is 6.91. The first-order valence-corrected chi connectivity index (χ1v) is 9.55. The predicted octanol–water partition coefficient (Wildman–Crippen LogP) is 3.68. The van der Waals surface area contributed by atoms with E-state index in [0.29, 0.717) is 17.7 Å². The summed E-state index contributed by atoms with van der Waals surface area (Å²) in [7, 11) is 0. The Bertz CT molecular complexity index is 804. The van der Waals surface area contributed by atoms with Crippen molar-refractivity contribution in [1.82, 2.24) is 9.80 Å². The average Bonchev–Trinajstić information content (AvgIpc) is 2.91. The SMILES string of the molecule is CCN(CCCCCN1C(=O)c2ccc(O)cc2C1=O)Cc1ccccc1. The molecule has 2 aromatic carbocycles. The minimum atomic E-state index is -0.301. The summed E-state index contributed by atoms with van der Waals surface area (Å²) in [5, 5.41) is 9.53. The molecule has 27 heavy (non-hydrogen) atoms. The third-order valence-electron chi connectivity index (χ3n) is 5.01. The van der Waals surface area contributed by atoms with Crippen molar-refractivity contribution in [3.8, 4) is 5.75 Å². The molecule has 0 bridgehead atoms. The van der Waals surface area contributed by atoms with Crippen molar-refractivity contribution in [2.24, 2.45) is 0 Å². The predicted molar refractivity (Wildman–Crippen MR) is 105 cm³/mol. The van der Waals surface area contributed by atoms with Crippen molar-refractivity contribution in [2.45, 2.75) is 32.7 Å². The Morgan fingerprint density at radius 3 is 2.41 bits per heavy atom. The van der Waals surface area contributed by atoms with E-state index in [4.69, 9.17) is 0 Å². The number of carbonyl (C=O) groups excluding carboxylic acids is 2. The highest BCUT2D eigenvalue weighted by molar-refractivity contribution is 6.21. The molecular formula is C22H26N2O3. The zero-order valence-corrected chi connectivity index (χ0v) is 15.7. The van der Waals surface area contributed by atoms with Crippen LogP contribution in [0.15, 0.2) is 48.5 Å². The summed E-state index contributed by atoms with van der Waals surface area (Å²) < 4.78 is 0. The number of phenols is 1. The fourth-order valence-electron chi connectivity index (χ4n) is 3.45. The molecule has 3 rings (SSSR count). The zero-order chi connectivity index (χ0) is 19.2. The quantitative estimate of drug-likeness (QED) is 0.543. The minimum Gasteiger partial charge on any atom is -0.508 e. The van der Waals surface area contributed by atoms with Gasteiger partial charge in [0.25, 0.3) is 11.8 Å². The van der Waals surface area contributed by atoms with Crippen LogP contribution in [0, 0.1) is 0 Å². The lowest BCUT2D eigenvalue weighted by Crippen LogP contribution is -2.31. The molecule has 1 aliphatic rings. The molecule has 1 heterocycles. The number of hydrogen-bond acceptors (Lipinski definition) is 4. The molecule has 1 aliphatic heterocycles. The second-order valence-corrected chi connectivity index (χ2v) is 6.91. The summed E-state index contributed by atoms with van der Waals surface area (Å²) in [6.45, 7) is 5.53. The van der Waals surface area contributed by atoms with Crippen LogP contribution in [0.5, 0.6) is 5.75 Å². The van der Waals surface area contributed by atoms with E-state index < -0.39 is 0 Å². The van der Waals surface area contributed by atoms with E-state index in [1.165, 1.54) is 28.7 Å². The Kier molecular flexibility index (Phi) is 6.24. The van der Waals surface area contributed by atoms with Gasteiger partial charge in [0, 0.05) is 13.1 Å². The fraction of sp³-hybridized carbons (Fsp3) is 0.364. The number of aromatic hydroxyl groups is 1. The molecular weight excluding hydrogens is 340 g/mol. The summed E-state index contributed by atoms with van der Waals surface area (Å²) >= 11 is 0. The van der Waals surface area contributed by atoms with Crippen LogP contribution < -0.4 is 0 Å². The smallest absolute Gasteiger partial charge is 0.261 e. The van der Waals surface area contributed by atoms with Gasteiger partial charge in [0.15, 0.2) is 0 Å². The standard InChI is InChI=1S/C22H26N2O3/c1-2-23(16-17-9-5-3-6-10-17)13-7-4-8-14-24-21(26)19-12-11-18(25)15-20(19)22(24)27/h3,5-6,9-12,15,25H,2,4,7-8,13-14,16H2,1H3. The molecule has 0 fully saturated rings. The molecule has 2 amide bonds. The first-order chi connectivity index (χ1) is 13.1. The van der Waals surface area contributed by atoms with E-state index in [1.54, 1.807) is 0 Å². The zero-order valence-electron chi connectivity index (χ0n) is 15.7. The number of imide groups is 1. The van der Waals surface area contributed by atoms with Crippen molar-refractivity contribution in [3.05, 3.63) is 65.2 Å². The van der Waals surface area contributed by atoms with E-state index in [9.17, 15) is 14.7 Å². The summed E-state index contributed by atoms with van der Waals surface area (Å²) in [5.41, 5.74) is 2.01. The summed E-state index contributed by atoms with van der Waals surface area (Å²) in [6.07, 6.45) is 2.79. The van der Waals surface area contributed by atoms with Gasteiger partial charge in [-0.2, -0.15) is 0 Å². The van der Waals surface area contributed by atoms with Gasteiger partial charge in [0.1, 0.15) is 5.75 Å². The Morgan fingerprint density at radius 1 is 0.926 bits per heavy atom. The van der Waals surface area contributed by atoms with Crippen LogP contribution in [0.3, 0.4) is 0 Å². The van der Waals surface area contributed by atoms with E-state index in [0.717, 1.165) is 38.9 Å². The molecule has 142 valence electrons. The Hall–Kier alpha value is -2.66. The number of amides is 2. The highest BCUT2D eigenvalue weighted by atomic mass is 16.3. The van der Waals surface area contributed by atoms with Crippen molar-refractivity contribution in [2.75, 3.05) is 19.6 Å². The first-order valence-electron chi connectivity index (χ1n) is 9.55. The molecule has 0 saturated carbocycles. The van der Waals surface area contributed by atoms with Crippen LogP contribution in [-0.2, 0) is 6.54 Å². The van der Waals surface area contributed by atoms with Crippen molar-refractivity contribution >= 4 is 11.8 Å². The van der Waals surface area contributed by atoms with Gasteiger partial charge in [-0.25, -0.2) is 0 Å². The van der Waals surface area contributed by atoms with Gasteiger partial charge in [-0.05, 0) is 49.7 Å². The van der Waals surface area contributed by atoms with Gasteiger partial charge in [-0.1, -0.05) is 43.7 Å². The highest BCUT2D eigenvalue weighted by Gasteiger charge is 2.35. The third kappa shape index (κ3) is 4.55. The van der Waals surface area contributed by atoms with E-state index >= 15 is 0 Å². The number of phenolic OH excluding ortho intramolecular Hbond substituents is 1. The number of benzene rings is 2. The van der Waals surface area contributed by atoms with Crippen LogP contribution in [0.2, 0.25) is 0 Å². The molecule has 1 N–H and O–H groups in total. The number of unbranched alkanes of at least 4 members (excludes halogenated alkanes) is 2. The second kappa shape index (κ2) is 8.82. The molecule has 5 nitrogen and oxygen atoms in total. The average molecular weight is 366 g/mol. The van der Waals surface area contributed by atoms with E-state index in [-0.39, 0.29) is 17.6 Å². The van der Waals surface area contributed by atoms with Crippen LogP contribution >= 0.6 is 0 Å². The first kappa shape index (κ1) is 19.1. The molecule has 0 unspecified atom stereocenters. The maximum Gasteiger partial charge on any atom is 0.261 e. The Balaban J connectivity index is 1.43. The van der Waals surface area contributed by atoms with E-state index in [2.05, 4.69) is 36.1 Å². The van der Waals surface area contributed by atoms with Gasteiger partial charge >= 0.3 is 0 Å². The number of rotatable bonds is 9. The maximum absolute atomic E-state index is 12.4. The van der Waals surface area contributed by atoms with Crippen LogP contribution in [0.4, 0.5) is 0 Å². The van der Waals surface area contributed by atoms with Crippen LogP contribution in [0.25, 0.3) is 0 Å². The molecule has 0 saturated heterocycles. The van der Waals surface area contributed by atoms with Crippen molar-refractivity contribution in [3.63, 3.8) is 0 Å². The van der Waals surface area contributed by atoms with Crippen LogP contribution in [-0.4, -0.2) is 46.4 Å². The molecule has 0 aliphatic carbocycles. The number of fused-ring (bicyclic) bond motifs is 1. The highest BCUT2D eigenvalue weighted by Crippen LogP contribution is 2.26. The topological polar surface area (TPSA) is 60.9 Å². The summed E-state index contributed by atoms with van der Waals surface area (Å²) in [6, 6.07) is 14.8. The lowest BCUT2D eigenvalue weighted by Gasteiger charge is -2.20.